The van der Waals surface area contributed by atoms with Gasteiger partial charge in [0, 0.05) is 13.1 Å². The largest absolute Gasteiger partial charge is 0.480 e. The first-order chi connectivity index (χ1) is 7.43. The summed E-state index contributed by atoms with van der Waals surface area (Å²) >= 11 is 0. The Morgan fingerprint density at radius 3 is 2.25 bits per heavy atom. The van der Waals surface area contributed by atoms with Gasteiger partial charge in [-0.3, -0.25) is 4.79 Å². The van der Waals surface area contributed by atoms with Gasteiger partial charge in [-0.2, -0.15) is 0 Å². The van der Waals surface area contributed by atoms with Gasteiger partial charge in [0.05, 0.1) is 6.54 Å². The van der Waals surface area contributed by atoms with E-state index < -0.39 is 12.0 Å². The average molecular weight is 230 g/mol. The molecule has 0 aliphatic carbocycles. The highest BCUT2D eigenvalue weighted by atomic mass is 16.4. The van der Waals surface area contributed by atoms with Crippen molar-refractivity contribution < 1.29 is 14.7 Å². The summed E-state index contributed by atoms with van der Waals surface area (Å²) in [5.74, 6) is -1.14. The predicted octanol–water partition coefficient (Wildman–Crippen LogP) is 0.696. The monoisotopic (exact) mass is 230 g/mol. The fraction of sp³-hybridized carbons (Fsp3) is 0.818. The molecule has 0 bridgehead atoms. The van der Waals surface area contributed by atoms with Crippen LogP contribution in [0.1, 0.15) is 33.6 Å². The number of aliphatic carboxylic acids is 1. The highest BCUT2D eigenvalue weighted by molar-refractivity contribution is 5.84. The maximum atomic E-state index is 11.7. The molecule has 5 nitrogen and oxygen atoms in total. The molecule has 0 saturated heterocycles. The van der Waals surface area contributed by atoms with Gasteiger partial charge in [-0.1, -0.05) is 13.8 Å². The maximum Gasteiger partial charge on any atom is 0.326 e. The first-order valence-electron chi connectivity index (χ1n) is 5.65. The molecule has 94 valence electrons. The Labute approximate surface area is 96.8 Å². The van der Waals surface area contributed by atoms with Crippen LogP contribution >= 0.6 is 0 Å². The third kappa shape index (κ3) is 4.61. The van der Waals surface area contributed by atoms with Crippen LogP contribution in [0, 0.1) is 0 Å². The Hall–Kier alpha value is -1.10. The maximum absolute atomic E-state index is 11.7. The molecule has 0 aromatic heterocycles. The number of carbonyl (C=O) groups is 2. The van der Waals surface area contributed by atoms with E-state index in [1.54, 1.807) is 6.92 Å². The van der Waals surface area contributed by atoms with E-state index in [0.717, 1.165) is 6.42 Å². The molecular weight excluding hydrogens is 208 g/mol. The van der Waals surface area contributed by atoms with Crippen molar-refractivity contribution in [1.29, 1.82) is 0 Å². The summed E-state index contributed by atoms with van der Waals surface area (Å²) in [5.41, 5.74) is 0. The number of carboxylic acids is 1. The quantitative estimate of drug-likeness (QED) is 0.675. The molecule has 0 spiro atoms. The molecule has 0 aromatic rings. The van der Waals surface area contributed by atoms with Crippen molar-refractivity contribution in [3.8, 4) is 0 Å². The smallest absolute Gasteiger partial charge is 0.326 e. The van der Waals surface area contributed by atoms with Crippen LogP contribution in [0.25, 0.3) is 0 Å². The Morgan fingerprint density at radius 1 is 1.31 bits per heavy atom. The standard InChI is InChI=1S/C11H22N2O3/c1-5-8(3)12-7-10(14)13(4)9(6-2)11(15)16/h8-9,12H,5-7H2,1-4H3,(H,15,16). The van der Waals surface area contributed by atoms with Crippen LogP contribution in [0.3, 0.4) is 0 Å². The molecule has 2 atom stereocenters. The Morgan fingerprint density at radius 2 is 1.88 bits per heavy atom. The molecule has 0 radical (unpaired) electrons. The van der Waals surface area contributed by atoms with Gasteiger partial charge in [0.2, 0.25) is 5.91 Å². The summed E-state index contributed by atoms with van der Waals surface area (Å²) in [5, 5.41) is 11.9. The predicted molar refractivity (Wildman–Crippen MR) is 62.2 cm³/mol. The summed E-state index contributed by atoms with van der Waals surface area (Å²) in [7, 11) is 1.53. The SMILES string of the molecule is CCC(C)NCC(=O)N(C)C(CC)C(=O)O. The van der Waals surface area contributed by atoms with E-state index in [0.29, 0.717) is 6.42 Å². The summed E-state index contributed by atoms with van der Waals surface area (Å²) < 4.78 is 0. The molecule has 0 fully saturated rings. The molecule has 1 amide bonds. The highest BCUT2D eigenvalue weighted by Crippen LogP contribution is 2.02. The second-order valence-electron chi connectivity index (χ2n) is 3.96. The lowest BCUT2D eigenvalue weighted by molar-refractivity contribution is -0.148. The highest BCUT2D eigenvalue weighted by Gasteiger charge is 2.24. The molecule has 0 aliphatic rings. The van der Waals surface area contributed by atoms with Crippen molar-refractivity contribution in [3.63, 3.8) is 0 Å². The summed E-state index contributed by atoms with van der Waals surface area (Å²) in [4.78, 5) is 23.8. The fourth-order valence-electron chi connectivity index (χ4n) is 1.32. The zero-order chi connectivity index (χ0) is 12.7. The third-order valence-corrected chi connectivity index (χ3v) is 2.75. The van der Waals surface area contributed by atoms with Crippen LogP contribution in [-0.2, 0) is 9.59 Å². The van der Waals surface area contributed by atoms with Crippen LogP contribution in [0.5, 0.6) is 0 Å². The van der Waals surface area contributed by atoms with Crippen LogP contribution in [0.4, 0.5) is 0 Å². The van der Waals surface area contributed by atoms with Crippen molar-refractivity contribution in [2.45, 2.75) is 45.7 Å². The fourth-order valence-corrected chi connectivity index (χ4v) is 1.32. The lowest BCUT2D eigenvalue weighted by atomic mass is 10.2. The Kier molecular flexibility index (Phi) is 6.72. The van der Waals surface area contributed by atoms with Crippen molar-refractivity contribution in [1.82, 2.24) is 10.2 Å². The molecule has 5 heteroatoms. The van der Waals surface area contributed by atoms with Crippen LogP contribution < -0.4 is 5.32 Å². The molecule has 0 aliphatic heterocycles. The second-order valence-corrected chi connectivity index (χ2v) is 3.96. The topological polar surface area (TPSA) is 69.6 Å². The van der Waals surface area contributed by atoms with Crippen LogP contribution in [0.15, 0.2) is 0 Å². The molecular formula is C11H22N2O3. The molecule has 0 saturated carbocycles. The normalized spacial score (nSPS) is 14.2. The number of amides is 1. The van der Waals surface area contributed by atoms with Crippen LogP contribution in [-0.4, -0.2) is 47.6 Å². The zero-order valence-corrected chi connectivity index (χ0v) is 10.5. The minimum atomic E-state index is -0.957. The van der Waals surface area contributed by atoms with Gasteiger partial charge in [-0.15, -0.1) is 0 Å². The number of hydrogen-bond acceptors (Lipinski definition) is 3. The third-order valence-electron chi connectivity index (χ3n) is 2.75. The van der Waals surface area contributed by atoms with E-state index in [1.807, 2.05) is 13.8 Å². The summed E-state index contributed by atoms with van der Waals surface area (Å²) in [6.07, 6.45) is 1.36. The van der Waals surface area contributed by atoms with Gasteiger partial charge in [0.25, 0.3) is 0 Å². The van der Waals surface area contributed by atoms with Gasteiger partial charge in [0.15, 0.2) is 0 Å². The van der Waals surface area contributed by atoms with Crippen molar-refractivity contribution in [3.05, 3.63) is 0 Å². The van der Waals surface area contributed by atoms with Crippen molar-refractivity contribution in [2.75, 3.05) is 13.6 Å². The van der Waals surface area contributed by atoms with E-state index >= 15 is 0 Å². The van der Waals surface area contributed by atoms with E-state index in [1.165, 1.54) is 11.9 Å². The minimum absolute atomic E-state index is 0.186. The molecule has 2 N–H and O–H groups in total. The lowest BCUT2D eigenvalue weighted by Crippen LogP contribution is -2.46. The number of carboxylic acid groups (broad SMARTS) is 1. The van der Waals surface area contributed by atoms with E-state index in [-0.39, 0.29) is 18.5 Å². The zero-order valence-electron chi connectivity index (χ0n) is 10.5. The van der Waals surface area contributed by atoms with Crippen molar-refractivity contribution in [2.24, 2.45) is 0 Å². The Balaban J connectivity index is 4.21. The van der Waals surface area contributed by atoms with Crippen LogP contribution in [0.2, 0.25) is 0 Å². The van der Waals surface area contributed by atoms with E-state index in [2.05, 4.69) is 5.32 Å². The number of hydrogen-bond donors (Lipinski definition) is 2. The average Bonchev–Trinajstić information content (AvgIpc) is 2.25. The summed E-state index contributed by atoms with van der Waals surface area (Å²) in [6, 6.07) is -0.464. The van der Waals surface area contributed by atoms with Gasteiger partial charge >= 0.3 is 5.97 Å². The molecule has 16 heavy (non-hydrogen) atoms. The van der Waals surface area contributed by atoms with Gasteiger partial charge < -0.3 is 15.3 Å². The number of nitrogens with one attached hydrogen (secondary N) is 1. The van der Waals surface area contributed by atoms with Gasteiger partial charge in [-0.05, 0) is 19.8 Å². The van der Waals surface area contributed by atoms with E-state index in [9.17, 15) is 9.59 Å². The van der Waals surface area contributed by atoms with E-state index in [4.69, 9.17) is 5.11 Å². The van der Waals surface area contributed by atoms with Gasteiger partial charge in [0.1, 0.15) is 6.04 Å². The van der Waals surface area contributed by atoms with Gasteiger partial charge in [-0.25, -0.2) is 4.79 Å². The number of rotatable bonds is 7. The molecule has 0 heterocycles. The number of carbonyl (C=O) groups excluding carboxylic acids is 1. The van der Waals surface area contributed by atoms with Crippen molar-refractivity contribution >= 4 is 11.9 Å². The summed E-state index contributed by atoms with van der Waals surface area (Å²) in [6.45, 7) is 5.96. The molecule has 0 aromatic carbocycles. The molecule has 2 unspecified atom stereocenters. The molecule has 0 rings (SSSR count). The first-order valence-corrected chi connectivity index (χ1v) is 5.65. The number of likely N-dealkylation sites (N-methyl/N-ethyl adjacent to an activating group) is 1. The minimum Gasteiger partial charge on any atom is -0.480 e. The lowest BCUT2D eigenvalue weighted by Gasteiger charge is -2.24. The second kappa shape index (κ2) is 7.22. The number of nitrogens with zero attached hydrogens (tertiary/aromatic N) is 1. The Bertz CT molecular complexity index is 243. The first kappa shape index (κ1) is 14.9.